The van der Waals surface area contributed by atoms with Crippen LogP contribution < -0.4 is 15.2 Å². The van der Waals surface area contributed by atoms with E-state index < -0.39 is 34.2 Å². The molecule has 2 heterocycles. The number of nitro groups is 1. The first-order valence-electron chi connectivity index (χ1n) is 11.8. The highest BCUT2D eigenvalue weighted by molar-refractivity contribution is 7.10. The number of carbonyl (C=O) groups excluding carboxylic acids is 2. The number of benzene rings is 1. The van der Waals surface area contributed by atoms with Gasteiger partial charge >= 0.3 is 5.97 Å². The first-order valence-corrected chi connectivity index (χ1v) is 12.7. The normalized spacial score (nSPS) is 21.1. The van der Waals surface area contributed by atoms with Gasteiger partial charge in [-0.25, -0.2) is 4.79 Å². The zero-order chi connectivity index (χ0) is 26.7. The van der Waals surface area contributed by atoms with Gasteiger partial charge < -0.3 is 24.6 Å². The Kier molecular flexibility index (Phi) is 7.94. The number of nitro benzene ring substituents is 1. The fraction of sp³-hybridized carbons (Fsp3) is 0.385. The third-order valence-electron chi connectivity index (χ3n) is 6.43. The molecule has 10 nitrogen and oxygen atoms in total. The predicted octanol–water partition coefficient (Wildman–Crippen LogP) is 3.54. The lowest BCUT2D eigenvalue weighted by atomic mass is 9.69. The van der Waals surface area contributed by atoms with E-state index in [2.05, 4.69) is 5.32 Å². The van der Waals surface area contributed by atoms with Crippen LogP contribution in [0.15, 0.2) is 52.7 Å². The van der Waals surface area contributed by atoms with Crippen molar-refractivity contribution in [2.75, 3.05) is 26.9 Å². The number of fused-ring (bicyclic) bond motifs is 1. The van der Waals surface area contributed by atoms with E-state index in [4.69, 9.17) is 14.2 Å². The summed E-state index contributed by atoms with van der Waals surface area (Å²) in [5.74, 6) is -3.75. The lowest BCUT2D eigenvalue weighted by Crippen LogP contribution is -2.42. The molecule has 0 fully saturated rings. The molecule has 3 atom stereocenters. The highest BCUT2D eigenvalue weighted by atomic mass is 32.1. The highest BCUT2D eigenvalue weighted by Gasteiger charge is 2.45. The van der Waals surface area contributed by atoms with Crippen molar-refractivity contribution in [3.63, 3.8) is 0 Å². The summed E-state index contributed by atoms with van der Waals surface area (Å²) in [6.07, 6.45) is 2.18. The molecule has 2 aromatic rings. The first-order chi connectivity index (χ1) is 17.8. The maximum atomic E-state index is 13.7. The van der Waals surface area contributed by atoms with E-state index in [0.29, 0.717) is 11.4 Å². The van der Waals surface area contributed by atoms with Crippen LogP contribution in [0.25, 0.3) is 0 Å². The fourth-order valence-corrected chi connectivity index (χ4v) is 5.67. The number of methoxy groups -OCH3 is 1. The van der Waals surface area contributed by atoms with E-state index >= 15 is 0 Å². The van der Waals surface area contributed by atoms with Crippen molar-refractivity contribution in [2.24, 2.45) is 5.92 Å². The number of carbonyl (C=O) groups is 2. The van der Waals surface area contributed by atoms with Crippen LogP contribution in [0, 0.1) is 16.0 Å². The van der Waals surface area contributed by atoms with Gasteiger partial charge in [-0.15, -0.1) is 11.3 Å². The molecule has 0 saturated heterocycles. The molecule has 0 bridgehead atoms. The molecule has 1 aliphatic carbocycles. The van der Waals surface area contributed by atoms with Crippen molar-refractivity contribution >= 4 is 28.8 Å². The number of hydrogen-bond donors (Lipinski definition) is 1. The number of ether oxygens (including phenoxy) is 3. The maximum absolute atomic E-state index is 13.7. The second-order valence-corrected chi connectivity index (χ2v) is 9.70. The molecule has 37 heavy (non-hydrogen) atoms. The molecule has 0 amide bonds. The number of thiophene rings is 1. The average Bonchev–Trinajstić information content (AvgIpc) is 3.39. The van der Waals surface area contributed by atoms with Crippen LogP contribution in [0.4, 0.5) is 5.69 Å². The molecule has 0 radical (unpaired) electrons. The summed E-state index contributed by atoms with van der Waals surface area (Å²) in [7, 11) is 1.48. The Labute approximate surface area is 217 Å². The monoisotopic (exact) mass is 527 g/mol. The number of allylic oxidation sites excluding steroid dienone is 3. The first kappa shape index (κ1) is 26.4. The number of esters is 1. The van der Waals surface area contributed by atoms with Crippen molar-refractivity contribution in [1.29, 1.82) is 0 Å². The minimum absolute atomic E-state index is 0.00949. The molecular formula is C26H27N2O8S-. The highest BCUT2D eigenvalue weighted by Crippen LogP contribution is 2.49. The van der Waals surface area contributed by atoms with Crippen molar-refractivity contribution in [1.82, 2.24) is 5.32 Å². The predicted molar refractivity (Wildman–Crippen MR) is 133 cm³/mol. The molecule has 1 aromatic carbocycles. The van der Waals surface area contributed by atoms with Crippen LogP contribution in [0.3, 0.4) is 0 Å². The zero-order valence-corrected chi connectivity index (χ0v) is 21.5. The Morgan fingerprint density at radius 2 is 2.05 bits per heavy atom. The fourth-order valence-electron chi connectivity index (χ4n) is 4.87. The SMILES string of the molecule is CCOc1cc(C2C(C(=O)OCCOC)=C(C)NC3=CC(c4cccs4)CC(=O)C32)cc([N+](=O)[O-])c1[O-]. The maximum Gasteiger partial charge on any atom is 0.336 e. The molecule has 1 aromatic heterocycles. The molecule has 1 aliphatic heterocycles. The van der Waals surface area contributed by atoms with E-state index in [9.17, 15) is 24.8 Å². The van der Waals surface area contributed by atoms with Crippen LogP contribution in [0.5, 0.6) is 11.5 Å². The lowest BCUT2D eigenvalue weighted by Gasteiger charge is -2.39. The van der Waals surface area contributed by atoms with Gasteiger partial charge in [-0.3, -0.25) is 14.9 Å². The van der Waals surface area contributed by atoms with Crippen LogP contribution in [-0.2, 0) is 19.1 Å². The van der Waals surface area contributed by atoms with Crippen LogP contribution in [0.1, 0.15) is 42.5 Å². The average molecular weight is 528 g/mol. The van der Waals surface area contributed by atoms with Gasteiger partial charge in [-0.1, -0.05) is 12.1 Å². The van der Waals surface area contributed by atoms with Gasteiger partial charge in [0.15, 0.2) is 0 Å². The summed E-state index contributed by atoms with van der Waals surface area (Å²) in [5.41, 5.74) is 0.804. The topological polar surface area (TPSA) is 140 Å². The van der Waals surface area contributed by atoms with Gasteiger partial charge in [-0.2, -0.15) is 0 Å². The lowest BCUT2D eigenvalue weighted by molar-refractivity contribution is -0.398. The molecule has 2 aliphatic rings. The van der Waals surface area contributed by atoms with Crippen molar-refractivity contribution in [3.8, 4) is 11.5 Å². The summed E-state index contributed by atoms with van der Waals surface area (Å²) in [6, 6.07) is 6.41. The summed E-state index contributed by atoms with van der Waals surface area (Å²) in [6.45, 7) is 3.62. The number of nitrogens with zero attached hydrogens (tertiary/aromatic N) is 1. The van der Waals surface area contributed by atoms with Gasteiger partial charge in [0.2, 0.25) is 0 Å². The van der Waals surface area contributed by atoms with Crippen molar-refractivity contribution in [2.45, 2.75) is 32.1 Å². The third-order valence-corrected chi connectivity index (χ3v) is 7.43. The van der Waals surface area contributed by atoms with Crippen LogP contribution in [0.2, 0.25) is 0 Å². The molecule has 0 saturated carbocycles. The summed E-state index contributed by atoms with van der Waals surface area (Å²) < 4.78 is 15.8. The van der Waals surface area contributed by atoms with Crippen molar-refractivity contribution in [3.05, 3.63) is 73.2 Å². The van der Waals surface area contributed by atoms with Gasteiger partial charge in [-0.05, 0) is 36.9 Å². The number of Topliss-reactive ketones (excluding diaryl/α,β-unsaturated/α-hetero) is 1. The van der Waals surface area contributed by atoms with Gasteiger partial charge in [0.1, 0.15) is 18.1 Å². The van der Waals surface area contributed by atoms with Gasteiger partial charge in [0.05, 0.1) is 29.6 Å². The summed E-state index contributed by atoms with van der Waals surface area (Å²) in [5, 5.41) is 29.5. The quantitative estimate of drug-likeness (QED) is 0.224. The minimum atomic E-state index is -0.919. The second kappa shape index (κ2) is 11.1. The van der Waals surface area contributed by atoms with Gasteiger partial charge in [0.25, 0.3) is 5.69 Å². The molecule has 0 spiro atoms. The molecule has 3 unspecified atom stereocenters. The number of nitrogens with one attached hydrogen (secondary N) is 1. The van der Waals surface area contributed by atoms with E-state index in [-0.39, 0.29) is 54.8 Å². The minimum Gasteiger partial charge on any atom is -0.865 e. The van der Waals surface area contributed by atoms with E-state index in [0.717, 1.165) is 10.9 Å². The summed E-state index contributed by atoms with van der Waals surface area (Å²) in [4.78, 5) is 38.9. The van der Waals surface area contributed by atoms with Crippen LogP contribution >= 0.6 is 11.3 Å². The molecule has 196 valence electrons. The Balaban J connectivity index is 1.88. The Morgan fingerprint density at radius 3 is 2.70 bits per heavy atom. The second-order valence-electron chi connectivity index (χ2n) is 8.72. The van der Waals surface area contributed by atoms with Crippen LogP contribution in [-0.4, -0.2) is 43.6 Å². The third kappa shape index (κ3) is 5.23. The Morgan fingerprint density at radius 1 is 1.27 bits per heavy atom. The van der Waals surface area contributed by atoms with E-state index in [1.165, 1.54) is 13.2 Å². The molecular weight excluding hydrogens is 500 g/mol. The van der Waals surface area contributed by atoms with Crippen molar-refractivity contribution < 1.29 is 33.8 Å². The number of hydrogen-bond acceptors (Lipinski definition) is 10. The summed E-state index contributed by atoms with van der Waals surface area (Å²) >= 11 is 1.55. The zero-order valence-electron chi connectivity index (χ0n) is 20.6. The number of rotatable bonds is 9. The standard InChI is InChI=1S/C26H28N2O8S/c1-4-35-20-13-16(11-18(25(20)30)28(32)33)23-22(26(31)36-8-7-34-3)14(2)27-17-10-15(12-19(29)24(17)23)21-6-5-9-37-21/h5-6,9-11,13,15,23-24,27,30H,4,7-8,12H2,1-3H3/p-1. The molecule has 11 heteroatoms. The van der Waals surface area contributed by atoms with Gasteiger partial charge in [0, 0.05) is 53.5 Å². The number of ketones is 1. The Hall–Kier alpha value is -3.70. The largest absolute Gasteiger partial charge is 0.865 e. The van der Waals surface area contributed by atoms with E-state index in [1.54, 1.807) is 25.2 Å². The van der Waals surface area contributed by atoms with E-state index in [1.807, 2.05) is 23.6 Å². The smallest absolute Gasteiger partial charge is 0.336 e. The Bertz CT molecular complexity index is 1270. The molecule has 1 N–H and O–H groups in total. The molecule has 4 rings (SSSR count).